The molecule has 3 nitrogen and oxygen atoms in total. The Morgan fingerprint density at radius 3 is 2.35 bits per heavy atom. The van der Waals surface area contributed by atoms with E-state index in [0.29, 0.717) is 12.4 Å². The van der Waals surface area contributed by atoms with Crippen LogP contribution in [0.25, 0.3) is 0 Å². The van der Waals surface area contributed by atoms with E-state index in [0.717, 1.165) is 16.4 Å². The predicted molar refractivity (Wildman–Crippen MR) is 81.7 cm³/mol. The molecular formula is C16H18O3S. The Morgan fingerprint density at radius 1 is 1.00 bits per heavy atom. The molecule has 2 aromatic rings. The number of aliphatic hydroxyl groups is 1. The summed E-state index contributed by atoms with van der Waals surface area (Å²) in [6, 6.07) is 17.3. The van der Waals surface area contributed by atoms with E-state index in [2.05, 4.69) is 0 Å². The molecule has 0 heterocycles. The monoisotopic (exact) mass is 290 g/mol. The van der Waals surface area contributed by atoms with Crippen LogP contribution in [0, 0.1) is 0 Å². The molecule has 0 saturated heterocycles. The van der Waals surface area contributed by atoms with Gasteiger partial charge in [-0.25, -0.2) is 0 Å². The number of ether oxygens (including phenoxy) is 2. The van der Waals surface area contributed by atoms with Crippen molar-refractivity contribution in [1.29, 1.82) is 0 Å². The van der Waals surface area contributed by atoms with E-state index in [1.807, 2.05) is 54.6 Å². The van der Waals surface area contributed by atoms with Crippen molar-refractivity contribution in [3.63, 3.8) is 0 Å². The number of benzene rings is 2. The summed E-state index contributed by atoms with van der Waals surface area (Å²) in [5, 5.41) is 9.90. The van der Waals surface area contributed by atoms with E-state index in [1.54, 1.807) is 18.9 Å². The van der Waals surface area contributed by atoms with E-state index in [1.165, 1.54) is 0 Å². The van der Waals surface area contributed by atoms with Crippen LogP contribution in [0.3, 0.4) is 0 Å². The molecule has 2 rings (SSSR count). The highest BCUT2D eigenvalue weighted by atomic mass is 32.2. The zero-order valence-corrected chi connectivity index (χ0v) is 12.2. The molecule has 0 aliphatic carbocycles. The number of hydrogen-bond donors (Lipinski definition) is 1. The Morgan fingerprint density at radius 2 is 1.70 bits per heavy atom. The first-order chi connectivity index (χ1) is 9.78. The van der Waals surface area contributed by atoms with Crippen LogP contribution in [0.5, 0.6) is 11.5 Å². The van der Waals surface area contributed by atoms with Crippen molar-refractivity contribution in [1.82, 2.24) is 0 Å². The summed E-state index contributed by atoms with van der Waals surface area (Å²) in [5.41, 5.74) is 0. The van der Waals surface area contributed by atoms with Gasteiger partial charge in [-0.1, -0.05) is 18.2 Å². The largest absolute Gasteiger partial charge is 0.497 e. The molecule has 2 aromatic carbocycles. The lowest BCUT2D eigenvalue weighted by molar-refractivity contribution is 0.126. The molecule has 106 valence electrons. The zero-order valence-electron chi connectivity index (χ0n) is 11.4. The minimum atomic E-state index is -0.498. The van der Waals surface area contributed by atoms with Crippen molar-refractivity contribution in [3.05, 3.63) is 54.6 Å². The van der Waals surface area contributed by atoms with E-state index in [9.17, 15) is 5.11 Å². The van der Waals surface area contributed by atoms with Gasteiger partial charge in [0.15, 0.2) is 0 Å². The zero-order chi connectivity index (χ0) is 14.2. The van der Waals surface area contributed by atoms with Crippen LogP contribution in [0.2, 0.25) is 0 Å². The predicted octanol–water partition coefficient (Wildman–Crippen LogP) is 3.23. The first-order valence-electron chi connectivity index (χ1n) is 6.40. The summed E-state index contributed by atoms with van der Waals surface area (Å²) in [4.78, 5) is 1.10. The Labute approximate surface area is 123 Å². The first kappa shape index (κ1) is 14.8. The van der Waals surface area contributed by atoms with Gasteiger partial charge in [0.25, 0.3) is 0 Å². The number of rotatable bonds is 7. The van der Waals surface area contributed by atoms with Gasteiger partial charge >= 0.3 is 0 Å². The third-order valence-electron chi connectivity index (χ3n) is 2.69. The fourth-order valence-corrected chi connectivity index (χ4v) is 2.43. The van der Waals surface area contributed by atoms with Crippen LogP contribution in [0.4, 0.5) is 0 Å². The third-order valence-corrected chi connectivity index (χ3v) is 3.84. The molecule has 0 amide bonds. The van der Waals surface area contributed by atoms with Crippen LogP contribution in [0.1, 0.15) is 0 Å². The van der Waals surface area contributed by atoms with Crippen LogP contribution in [-0.4, -0.2) is 30.7 Å². The average molecular weight is 290 g/mol. The fraction of sp³-hybridized carbons (Fsp3) is 0.250. The number of methoxy groups -OCH3 is 1. The summed E-state index contributed by atoms with van der Waals surface area (Å²) in [6.45, 7) is 0.299. The second-order valence-electron chi connectivity index (χ2n) is 4.26. The molecular weight excluding hydrogens is 272 g/mol. The van der Waals surface area contributed by atoms with Crippen molar-refractivity contribution < 1.29 is 14.6 Å². The van der Waals surface area contributed by atoms with Crippen LogP contribution in [-0.2, 0) is 0 Å². The highest BCUT2D eigenvalue weighted by Gasteiger charge is 2.06. The number of para-hydroxylation sites is 1. The lowest BCUT2D eigenvalue weighted by atomic mass is 10.3. The molecule has 1 N–H and O–H groups in total. The topological polar surface area (TPSA) is 38.7 Å². The van der Waals surface area contributed by atoms with Gasteiger partial charge in [0.2, 0.25) is 0 Å². The Kier molecular flexibility index (Phi) is 5.77. The minimum absolute atomic E-state index is 0.299. The number of thioether (sulfide) groups is 1. The average Bonchev–Trinajstić information content (AvgIpc) is 2.52. The van der Waals surface area contributed by atoms with Crippen LogP contribution in [0.15, 0.2) is 59.5 Å². The van der Waals surface area contributed by atoms with Gasteiger partial charge in [-0.05, 0) is 36.4 Å². The standard InChI is InChI=1S/C16H18O3S/c1-18-14-7-9-16(10-8-14)20-12-13(17)11-19-15-5-3-2-4-6-15/h2-10,13,17H,11-12H2,1H3. The summed E-state index contributed by atoms with van der Waals surface area (Å²) in [6.07, 6.45) is -0.498. The van der Waals surface area contributed by atoms with Gasteiger partial charge in [-0.15, -0.1) is 11.8 Å². The molecule has 0 aliphatic rings. The van der Waals surface area contributed by atoms with Crippen molar-refractivity contribution in [2.75, 3.05) is 19.5 Å². The van der Waals surface area contributed by atoms with Crippen molar-refractivity contribution in [2.45, 2.75) is 11.0 Å². The van der Waals surface area contributed by atoms with Gasteiger partial charge in [0.1, 0.15) is 18.1 Å². The maximum Gasteiger partial charge on any atom is 0.119 e. The number of aliphatic hydroxyl groups excluding tert-OH is 1. The van der Waals surface area contributed by atoms with E-state index >= 15 is 0 Å². The molecule has 1 unspecified atom stereocenters. The molecule has 0 spiro atoms. The highest BCUT2D eigenvalue weighted by molar-refractivity contribution is 7.99. The van der Waals surface area contributed by atoms with Gasteiger partial charge in [-0.3, -0.25) is 0 Å². The van der Waals surface area contributed by atoms with Gasteiger partial charge in [-0.2, -0.15) is 0 Å². The second-order valence-corrected chi connectivity index (χ2v) is 5.36. The highest BCUT2D eigenvalue weighted by Crippen LogP contribution is 2.22. The minimum Gasteiger partial charge on any atom is -0.497 e. The summed E-state index contributed by atoms with van der Waals surface area (Å²) >= 11 is 1.60. The lowest BCUT2D eigenvalue weighted by Crippen LogP contribution is -2.19. The smallest absolute Gasteiger partial charge is 0.119 e. The number of hydrogen-bond acceptors (Lipinski definition) is 4. The molecule has 0 aromatic heterocycles. The molecule has 4 heteroatoms. The van der Waals surface area contributed by atoms with Crippen molar-refractivity contribution >= 4 is 11.8 Å². The first-order valence-corrected chi connectivity index (χ1v) is 7.39. The van der Waals surface area contributed by atoms with E-state index in [-0.39, 0.29) is 0 Å². The van der Waals surface area contributed by atoms with Crippen molar-refractivity contribution in [3.8, 4) is 11.5 Å². The Hall–Kier alpha value is -1.65. The molecule has 0 aliphatic heterocycles. The lowest BCUT2D eigenvalue weighted by Gasteiger charge is -2.12. The maximum absolute atomic E-state index is 9.90. The molecule has 0 bridgehead atoms. The van der Waals surface area contributed by atoms with Gasteiger partial charge < -0.3 is 14.6 Å². The maximum atomic E-state index is 9.90. The Bertz CT molecular complexity index is 499. The molecule has 0 fully saturated rings. The molecule has 20 heavy (non-hydrogen) atoms. The second kappa shape index (κ2) is 7.82. The fourth-order valence-electron chi connectivity index (χ4n) is 1.62. The summed E-state index contributed by atoms with van der Waals surface area (Å²) in [7, 11) is 1.65. The molecule has 0 saturated carbocycles. The molecule has 0 radical (unpaired) electrons. The van der Waals surface area contributed by atoms with Crippen molar-refractivity contribution in [2.24, 2.45) is 0 Å². The molecule has 1 atom stereocenters. The van der Waals surface area contributed by atoms with Crippen LogP contribution >= 0.6 is 11.8 Å². The summed E-state index contributed by atoms with van der Waals surface area (Å²) in [5.74, 6) is 2.21. The van der Waals surface area contributed by atoms with E-state index < -0.39 is 6.10 Å². The van der Waals surface area contributed by atoms with Gasteiger partial charge in [0, 0.05) is 10.6 Å². The quantitative estimate of drug-likeness (QED) is 0.795. The van der Waals surface area contributed by atoms with Gasteiger partial charge in [0.05, 0.1) is 13.2 Å². The third kappa shape index (κ3) is 4.79. The summed E-state index contributed by atoms with van der Waals surface area (Å²) < 4.78 is 10.6. The van der Waals surface area contributed by atoms with Crippen LogP contribution < -0.4 is 9.47 Å². The normalized spacial score (nSPS) is 11.9. The SMILES string of the molecule is COc1ccc(SCC(O)COc2ccccc2)cc1. The van der Waals surface area contributed by atoms with E-state index in [4.69, 9.17) is 9.47 Å². The Balaban J connectivity index is 1.73.